The van der Waals surface area contributed by atoms with Crippen molar-refractivity contribution in [2.45, 2.75) is 6.61 Å². The summed E-state index contributed by atoms with van der Waals surface area (Å²) in [7, 11) is 0. The van der Waals surface area contributed by atoms with Crippen molar-refractivity contribution >= 4 is 28.1 Å². The Bertz CT molecular complexity index is 1380. The average molecular weight is 500 g/mol. The van der Waals surface area contributed by atoms with Gasteiger partial charge in [-0.2, -0.15) is 10.4 Å². The average Bonchev–Trinajstić information content (AvgIpc) is 2.84. The van der Waals surface area contributed by atoms with E-state index >= 15 is 0 Å². The van der Waals surface area contributed by atoms with Gasteiger partial charge in [-0.3, -0.25) is 9.78 Å². The van der Waals surface area contributed by atoms with Gasteiger partial charge in [0.05, 0.1) is 11.9 Å². The van der Waals surface area contributed by atoms with Crippen LogP contribution in [-0.2, 0) is 6.61 Å². The lowest BCUT2D eigenvalue weighted by atomic mass is 10.1. The van der Waals surface area contributed by atoms with Crippen LogP contribution in [0, 0.1) is 11.3 Å². The third-order valence-corrected chi connectivity index (χ3v) is 5.21. The molecule has 0 atom stereocenters. The van der Waals surface area contributed by atoms with E-state index < -0.39 is 5.56 Å². The van der Waals surface area contributed by atoms with Gasteiger partial charge in [0.1, 0.15) is 24.0 Å². The zero-order chi connectivity index (χ0) is 23.0. The Morgan fingerprint density at radius 3 is 2.55 bits per heavy atom. The molecule has 4 rings (SSSR count). The summed E-state index contributed by atoms with van der Waals surface area (Å²) >= 11 is 3.42. The van der Waals surface area contributed by atoms with E-state index in [-0.39, 0.29) is 17.2 Å². The molecule has 0 fully saturated rings. The van der Waals surface area contributed by atoms with Gasteiger partial charge in [-0.25, -0.2) is 10.4 Å². The van der Waals surface area contributed by atoms with E-state index in [4.69, 9.17) is 4.74 Å². The standard InChI is InChI=1S/C25H18BrN5O2/c26-20-12-10-17(11-13-20)16-33-22-9-5-4-8-19(22)15-28-31-25-29-23(18-6-2-1-3-7-18)21(14-27)24(32)30-25/h1-13,15H,16H2,(H2,29,30,31,32). The van der Waals surface area contributed by atoms with Gasteiger partial charge in [0, 0.05) is 15.6 Å². The SMILES string of the molecule is N#Cc1c(-c2ccccc2)nc(NN=Cc2ccccc2OCc2ccc(Br)cc2)[nH]c1=O. The molecule has 1 aromatic heterocycles. The van der Waals surface area contributed by atoms with Crippen molar-refractivity contribution < 1.29 is 4.74 Å². The largest absolute Gasteiger partial charge is 0.488 e. The second-order valence-corrected chi connectivity index (χ2v) is 7.85. The minimum atomic E-state index is -0.540. The predicted octanol–water partition coefficient (Wildman–Crippen LogP) is 5.10. The number of hydrazone groups is 1. The Balaban J connectivity index is 1.52. The lowest BCUT2D eigenvalue weighted by Gasteiger charge is -2.09. The molecule has 0 aliphatic carbocycles. The molecule has 4 aromatic rings. The molecule has 1 heterocycles. The van der Waals surface area contributed by atoms with Crippen LogP contribution in [0.15, 0.2) is 93.2 Å². The van der Waals surface area contributed by atoms with E-state index in [1.54, 1.807) is 18.3 Å². The van der Waals surface area contributed by atoms with Gasteiger partial charge < -0.3 is 4.74 Å². The second kappa shape index (κ2) is 10.4. The van der Waals surface area contributed by atoms with Crippen molar-refractivity contribution in [2.24, 2.45) is 5.10 Å². The number of anilines is 1. The number of nitriles is 1. The number of para-hydroxylation sites is 1. The molecule has 0 aliphatic rings. The summed E-state index contributed by atoms with van der Waals surface area (Å²) in [6.45, 7) is 0.413. The van der Waals surface area contributed by atoms with Crippen LogP contribution < -0.4 is 15.7 Å². The van der Waals surface area contributed by atoms with Crippen molar-refractivity contribution in [3.05, 3.63) is 110 Å². The van der Waals surface area contributed by atoms with Crippen LogP contribution in [0.1, 0.15) is 16.7 Å². The monoisotopic (exact) mass is 499 g/mol. The van der Waals surface area contributed by atoms with Crippen LogP contribution in [0.2, 0.25) is 0 Å². The molecule has 7 nitrogen and oxygen atoms in total. The first-order valence-corrected chi connectivity index (χ1v) is 10.8. The highest BCUT2D eigenvalue weighted by molar-refractivity contribution is 9.10. The molecular weight excluding hydrogens is 482 g/mol. The predicted molar refractivity (Wildman–Crippen MR) is 131 cm³/mol. The molecule has 0 aliphatic heterocycles. The quantitative estimate of drug-likeness (QED) is 0.272. The van der Waals surface area contributed by atoms with Gasteiger partial charge in [0.15, 0.2) is 0 Å². The number of nitrogens with one attached hydrogen (secondary N) is 2. The van der Waals surface area contributed by atoms with Crippen LogP contribution in [0.3, 0.4) is 0 Å². The summed E-state index contributed by atoms with van der Waals surface area (Å²) in [4.78, 5) is 19.3. The Hall–Kier alpha value is -4.22. The normalized spacial score (nSPS) is 10.7. The molecule has 0 amide bonds. The van der Waals surface area contributed by atoms with E-state index in [0.29, 0.717) is 17.9 Å². The third kappa shape index (κ3) is 5.53. The molecule has 162 valence electrons. The van der Waals surface area contributed by atoms with E-state index in [1.165, 1.54) is 0 Å². The number of halogens is 1. The highest BCUT2D eigenvalue weighted by Gasteiger charge is 2.12. The van der Waals surface area contributed by atoms with Crippen LogP contribution in [0.25, 0.3) is 11.3 Å². The number of ether oxygens (including phenoxy) is 1. The maximum absolute atomic E-state index is 12.4. The maximum atomic E-state index is 12.4. The summed E-state index contributed by atoms with van der Waals surface area (Å²) < 4.78 is 6.96. The molecule has 8 heteroatoms. The van der Waals surface area contributed by atoms with E-state index in [1.807, 2.05) is 72.8 Å². The summed E-state index contributed by atoms with van der Waals surface area (Å²) in [5, 5.41) is 13.6. The highest BCUT2D eigenvalue weighted by Crippen LogP contribution is 2.20. The molecule has 33 heavy (non-hydrogen) atoms. The van der Waals surface area contributed by atoms with Gasteiger partial charge >= 0.3 is 0 Å². The number of nitrogens with zero attached hydrogens (tertiary/aromatic N) is 3. The van der Waals surface area contributed by atoms with Gasteiger partial charge in [-0.05, 0) is 29.8 Å². The zero-order valence-electron chi connectivity index (χ0n) is 17.3. The summed E-state index contributed by atoms with van der Waals surface area (Å²) in [6.07, 6.45) is 1.58. The maximum Gasteiger partial charge on any atom is 0.270 e. The number of hydrogen-bond acceptors (Lipinski definition) is 6. The van der Waals surface area contributed by atoms with Gasteiger partial charge in [0.25, 0.3) is 5.56 Å². The molecule has 3 aromatic carbocycles. The summed E-state index contributed by atoms with van der Waals surface area (Å²) in [6, 6.07) is 26.4. The van der Waals surface area contributed by atoms with Crippen LogP contribution in [-0.4, -0.2) is 16.2 Å². The van der Waals surface area contributed by atoms with E-state index in [9.17, 15) is 10.1 Å². The van der Waals surface area contributed by atoms with Crippen molar-refractivity contribution in [1.29, 1.82) is 5.26 Å². The number of aromatic amines is 1. The van der Waals surface area contributed by atoms with Crippen molar-refractivity contribution in [1.82, 2.24) is 9.97 Å². The van der Waals surface area contributed by atoms with Crippen LogP contribution in [0.5, 0.6) is 5.75 Å². The topological polar surface area (TPSA) is 103 Å². The van der Waals surface area contributed by atoms with Crippen molar-refractivity contribution in [3.63, 3.8) is 0 Å². The van der Waals surface area contributed by atoms with Gasteiger partial charge in [0.2, 0.25) is 5.95 Å². The lowest BCUT2D eigenvalue weighted by Crippen LogP contribution is -2.16. The van der Waals surface area contributed by atoms with E-state index in [2.05, 4.69) is 36.4 Å². The Morgan fingerprint density at radius 2 is 1.79 bits per heavy atom. The fourth-order valence-electron chi connectivity index (χ4n) is 3.06. The number of rotatable bonds is 7. The lowest BCUT2D eigenvalue weighted by molar-refractivity contribution is 0.306. The first kappa shape index (κ1) is 22.0. The Kier molecular flexibility index (Phi) is 6.93. The molecule has 0 saturated heterocycles. The fourth-order valence-corrected chi connectivity index (χ4v) is 3.32. The highest BCUT2D eigenvalue weighted by atomic mass is 79.9. The first-order valence-electron chi connectivity index (χ1n) is 9.99. The molecule has 0 unspecified atom stereocenters. The van der Waals surface area contributed by atoms with Crippen LogP contribution in [0.4, 0.5) is 5.95 Å². The molecule has 0 bridgehead atoms. The molecule has 2 N–H and O–H groups in total. The Morgan fingerprint density at radius 1 is 1.06 bits per heavy atom. The molecule has 0 saturated carbocycles. The van der Waals surface area contributed by atoms with Crippen LogP contribution >= 0.6 is 15.9 Å². The van der Waals surface area contributed by atoms with Crippen molar-refractivity contribution in [3.8, 4) is 23.1 Å². The summed E-state index contributed by atoms with van der Waals surface area (Å²) in [5.41, 5.74) is 4.89. The van der Waals surface area contributed by atoms with Crippen molar-refractivity contribution in [2.75, 3.05) is 5.43 Å². The van der Waals surface area contributed by atoms with E-state index in [0.717, 1.165) is 15.6 Å². The number of hydrogen-bond donors (Lipinski definition) is 2. The first-order chi connectivity index (χ1) is 16.1. The minimum Gasteiger partial charge on any atom is -0.488 e. The second-order valence-electron chi connectivity index (χ2n) is 6.94. The molecule has 0 spiro atoms. The van der Waals surface area contributed by atoms with Gasteiger partial charge in [-0.1, -0.05) is 70.5 Å². The summed E-state index contributed by atoms with van der Waals surface area (Å²) in [5.74, 6) is 0.791. The smallest absolute Gasteiger partial charge is 0.270 e. The zero-order valence-corrected chi connectivity index (χ0v) is 18.9. The Labute approximate surface area is 198 Å². The number of aromatic nitrogens is 2. The minimum absolute atomic E-state index is 0.0533. The number of benzene rings is 3. The third-order valence-electron chi connectivity index (χ3n) is 4.68. The van der Waals surface area contributed by atoms with Gasteiger partial charge in [-0.15, -0.1) is 0 Å². The molecular formula is C25H18BrN5O2. The number of H-pyrrole nitrogens is 1. The molecule has 0 radical (unpaired) electrons. The fraction of sp³-hybridized carbons (Fsp3) is 0.0400.